The molecule has 0 spiro atoms. The lowest BCUT2D eigenvalue weighted by Gasteiger charge is -2.19. The number of nitrogens with zero attached hydrogens (tertiary/aromatic N) is 3. The zero-order valence-electron chi connectivity index (χ0n) is 8.16. The molecular formula is C9H14BrN3. The molecule has 0 fully saturated rings. The molecule has 0 saturated heterocycles. The van der Waals surface area contributed by atoms with E-state index in [-0.39, 0.29) is 0 Å². The van der Waals surface area contributed by atoms with Crippen LogP contribution in [0.25, 0.3) is 0 Å². The van der Waals surface area contributed by atoms with Crippen LogP contribution in [0.4, 0.5) is 5.82 Å². The second kappa shape index (κ2) is 4.56. The molecule has 1 aromatic heterocycles. The van der Waals surface area contributed by atoms with Gasteiger partial charge in [-0.3, -0.25) is 0 Å². The van der Waals surface area contributed by atoms with Crippen LogP contribution >= 0.6 is 15.9 Å². The normalized spacial score (nSPS) is 10.5. The summed E-state index contributed by atoms with van der Waals surface area (Å²) in [6.07, 6.45) is 3.48. The molecule has 0 aliphatic rings. The molecule has 0 saturated carbocycles. The molecule has 0 amide bonds. The van der Waals surface area contributed by atoms with Gasteiger partial charge >= 0.3 is 0 Å². The second-order valence-corrected chi connectivity index (χ2v) is 4.28. The zero-order valence-corrected chi connectivity index (χ0v) is 9.74. The molecule has 0 N–H and O–H groups in total. The quantitative estimate of drug-likeness (QED) is 0.817. The first-order valence-corrected chi connectivity index (χ1v) is 5.07. The Morgan fingerprint density at radius 2 is 2.08 bits per heavy atom. The summed E-state index contributed by atoms with van der Waals surface area (Å²) in [7, 11) is 2.03. The summed E-state index contributed by atoms with van der Waals surface area (Å²) in [6.45, 7) is 5.36. The smallest absolute Gasteiger partial charge is 0.146 e. The van der Waals surface area contributed by atoms with Crippen LogP contribution in [-0.2, 0) is 0 Å². The SMILES string of the molecule is CC(C)CN(C)c1cnc(Br)cn1. The highest BCUT2D eigenvalue weighted by Crippen LogP contribution is 2.11. The van der Waals surface area contributed by atoms with Gasteiger partial charge in [-0.15, -0.1) is 0 Å². The molecule has 3 nitrogen and oxygen atoms in total. The third-order valence-corrected chi connectivity index (χ3v) is 2.05. The Kier molecular flexibility index (Phi) is 3.66. The fourth-order valence-corrected chi connectivity index (χ4v) is 1.35. The third-order valence-electron chi connectivity index (χ3n) is 1.64. The Balaban J connectivity index is 2.66. The minimum atomic E-state index is 0.635. The van der Waals surface area contributed by atoms with Crippen LogP contribution in [0.5, 0.6) is 0 Å². The van der Waals surface area contributed by atoms with Crippen molar-refractivity contribution in [2.75, 3.05) is 18.5 Å². The van der Waals surface area contributed by atoms with Gasteiger partial charge in [-0.2, -0.15) is 0 Å². The van der Waals surface area contributed by atoms with Gasteiger partial charge in [-0.1, -0.05) is 13.8 Å². The lowest BCUT2D eigenvalue weighted by Crippen LogP contribution is -2.23. The van der Waals surface area contributed by atoms with Crippen LogP contribution in [0.2, 0.25) is 0 Å². The summed E-state index contributed by atoms with van der Waals surface area (Å²) in [6, 6.07) is 0. The van der Waals surface area contributed by atoms with E-state index in [0.717, 1.165) is 17.0 Å². The van der Waals surface area contributed by atoms with E-state index < -0.39 is 0 Å². The zero-order chi connectivity index (χ0) is 9.84. The summed E-state index contributed by atoms with van der Waals surface area (Å²) in [5, 5.41) is 0. The molecule has 0 aliphatic carbocycles. The lowest BCUT2D eigenvalue weighted by atomic mass is 10.2. The van der Waals surface area contributed by atoms with Crippen LogP contribution in [0.15, 0.2) is 17.0 Å². The summed E-state index contributed by atoms with van der Waals surface area (Å²) >= 11 is 3.25. The average Bonchev–Trinajstić information content (AvgIpc) is 2.04. The molecule has 1 heterocycles. The summed E-state index contributed by atoms with van der Waals surface area (Å²) in [4.78, 5) is 10.5. The van der Waals surface area contributed by atoms with Gasteiger partial charge in [-0.05, 0) is 21.8 Å². The van der Waals surface area contributed by atoms with Gasteiger partial charge in [0.1, 0.15) is 10.4 Å². The molecular weight excluding hydrogens is 230 g/mol. The number of hydrogen-bond donors (Lipinski definition) is 0. The first-order valence-electron chi connectivity index (χ1n) is 4.28. The molecule has 0 atom stereocenters. The minimum absolute atomic E-state index is 0.635. The van der Waals surface area contributed by atoms with E-state index in [2.05, 4.69) is 44.6 Å². The van der Waals surface area contributed by atoms with Crippen molar-refractivity contribution < 1.29 is 0 Å². The maximum atomic E-state index is 4.25. The van der Waals surface area contributed by atoms with Crippen LogP contribution in [0.3, 0.4) is 0 Å². The van der Waals surface area contributed by atoms with Crippen LogP contribution in [0.1, 0.15) is 13.8 Å². The van der Waals surface area contributed by atoms with Gasteiger partial charge in [0.05, 0.1) is 12.4 Å². The summed E-state index contributed by atoms with van der Waals surface area (Å²) in [5.41, 5.74) is 0. The highest BCUT2D eigenvalue weighted by Gasteiger charge is 2.04. The highest BCUT2D eigenvalue weighted by atomic mass is 79.9. The topological polar surface area (TPSA) is 29.0 Å². The Hall–Kier alpha value is -0.640. The maximum Gasteiger partial charge on any atom is 0.146 e. The van der Waals surface area contributed by atoms with Crippen molar-refractivity contribution in [3.8, 4) is 0 Å². The third kappa shape index (κ3) is 3.30. The average molecular weight is 244 g/mol. The Bertz CT molecular complexity index is 258. The predicted octanol–water partition coefficient (Wildman–Crippen LogP) is 2.33. The van der Waals surface area contributed by atoms with Crippen LogP contribution in [-0.4, -0.2) is 23.6 Å². The predicted molar refractivity (Wildman–Crippen MR) is 57.8 cm³/mol. The Morgan fingerprint density at radius 3 is 2.54 bits per heavy atom. The molecule has 1 aromatic rings. The van der Waals surface area contributed by atoms with Crippen molar-refractivity contribution in [1.82, 2.24) is 9.97 Å². The van der Waals surface area contributed by atoms with E-state index in [4.69, 9.17) is 0 Å². The van der Waals surface area contributed by atoms with Gasteiger partial charge in [0, 0.05) is 13.6 Å². The van der Waals surface area contributed by atoms with E-state index in [1.807, 2.05) is 7.05 Å². The minimum Gasteiger partial charge on any atom is -0.358 e. The van der Waals surface area contributed by atoms with Crippen molar-refractivity contribution in [3.63, 3.8) is 0 Å². The molecule has 4 heteroatoms. The van der Waals surface area contributed by atoms with Crippen molar-refractivity contribution in [1.29, 1.82) is 0 Å². The Morgan fingerprint density at radius 1 is 1.38 bits per heavy atom. The van der Waals surface area contributed by atoms with Crippen molar-refractivity contribution >= 4 is 21.7 Å². The van der Waals surface area contributed by atoms with Gasteiger partial charge in [-0.25, -0.2) is 9.97 Å². The van der Waals surface area contributed by atoms with Crippen LogP contribution in [0, 0.1) is 5.92 Å². The molecule has 0 unspecified atom stereocenters. The monoisotopic (exact) mass is 243 g/mol. The molecule has 0 bridgehead atoms. The van der Waals surface area contributed by atoms with Crippen molar-refractivity contribution in [2.45, 2.75) is 13.8 Å². The van der Waals surface area contributed by atoms with Gasteiger partial charge < -0.3 is 4.90 Å². The van der Waals surface area contributed by atoms with Crippen molar-refractivity contribution in [2.24, 2.45) is 5.92 Å². The standard InChI is InChI=1S/C9H14BrN3/c1-7(2)6-13(3)9-5-11-8(10)4-12-9/h4-5,7H,6H2,1-3H3. The molecule has 72 valence electrons. The largest absolute Gasteiger partial charge is 0.358 e. The van der Waals surface area contributed by atoms with Crippen molar-refractivity contribution in [3.05, 3.63) is 17.0 Å². The Labute approximate surface area is 87.3 Å². The van der Waals surface area contributed by atoms with E-state index in [1.165, 1.54) is 0 Å². The van der Waals surface area contributed by atoms with E-state index >= 15 is 0 Å². The molecule has 0 aromatic carbocycles. The maximum absolute atomic E-state index is 4.25. The molecule has 0 aliphatic heterocycles. The number of aromatic nitrogens is 2. The lowest BCUT2D eigenvalue weighted by molar-refractivity contribution is 0.634. The van der Waals surface area contributed by atoms with E-state index in [1.54, 1.807) is 12.4 Å². The van der Waals surface area contributed by atoms with E-state index in [9.17, 15) is 0 Å². The number of halogens is 1. The number of rotatable bonds is 3. The summed E-state index contributed by atoms with van der Waals surface area (Å²) in [5.74, 6) is 1.55. The second-order valence-electron chi connectivity index (χ2n) is 3.47. The van der Waals surface area contributed by atoms with Gasteiger partial charge in [0.25, 0.3) is 0 Å². The molecule has 0 radical (unpaired) electrons. The fourth-order valence-electron chi connectivity index (χ4n) is 1.14. The first-order chi connectivity index (χ1) is 6.09. The number of hydrogen-bond acceptors (Lipinski definition) is 3. The van der Waals surface area contributed by atoms with Gasteiger partial charge in [0.15, 0.2) is 0 Å². The van der Waals surface area contributed by atoms with E-state index in [0.29, 0.717) is 5.92 Å². The summed E-state index contributed by atoms with van der Waals surface area (Å²) < 4.78 is 0.772. The fraction of sp³-hybridized carbons (Fsp3) is 0.556. The highest BCUT2D eigenvalue weighted by molar-refractivity contribution is 9.10. The first kappa shape index (κ1) is 10.4. The molecule has 13 heavy (non-hydrogen) atoms. The van der Waals surface area contributed by atoms with Gasteiger partial charge in [0.2, 0.25) is 0 Å². The van der Waals surface area contributed by atoms with Crippen LogP contribution < -0.4 is 4.90 Å². The molecule has 1 rings (SSSR count). The number of anilines is 1.